The number of fused-ring (bicyclic) bond motifs is 1. The van der Waals surface area contributed by atoms with Gasteiger partial charge in [-0.05, 0) is 12.3 Å². The zero-order valence-corrected chi connectivity index (χ0v) is 14.4. The molecule has 2 aromatic rings. The number of aliphatic hydroxyl groups is 4. The van der Waals surface area contributed by atoms with Crippen molar-refractivity contribution in [2.75, 3.05) is 18.2 Å². The van der Waals surface area contributed by atoms with Gasteiger partial charge in [-0.1, -0.05) is 0 Å². The van der Waals surface area contributed by atoms with Crippen LogP contribution in [-0.4, -0.2) is 79.1 Å². The van der Waals surface area contributed by atoms with Gasteiger partial charge in [-0.2, -0.15) is 0 Å². The number of anilines is 1. The van der Waals surface area contributed by atoms with Crippen LogP contribution < -0.4 is 16.4 Å². The summed E-state index contributed by atoms with van der Waals surface area (Å²) in [6.45, 7) is -0.570. The quantitative estimate of drug-likeness (QED) is 0.279. The number of aliphatic hydroxyl groups excluding tert-OH is 4. The predicted molar refractivity (Wildman–Crippen MR) is 92.2 cm³/mol. The molecule has 3 heterocycles. The maximum absolute atomic E-state index is 12.0. The lowest BCUT2D eigenvalue weighted by Gasteiger charge is -2.40. The number of nitrogens with zero attached hydrogens (tertiary/aromatic N) is 1. The summed E-state index contributed by atoms with van der Waals surface area (Å²) in [5.74, 6) is 0.113. The molecule has 142 valence electrons. The molecule has 1 aliphatic heterocycles. The van der Waals surface area contributed by atoms with Gasteiger partial charge in [-0.3, -0.25) is 19.8 Å². The highest BCUT2D eigenvalue weighted by atomic mass is 32.2. The highest BCUT2D eigenvalue weighted by molar-refractivity contribution is 7.98. The summed E-state index contributed by atoms with van der Waals surface area (Å²) in [7, 11) is 0. The molecule has 12 heteroatoms. The predicted octanol–water partition coefficient (Wildman–Crippen LogP) is -2.45. The minimum Gasteiger partial charge on any atom is -0.394 e. The van der Waals surface area contributed by atoms with E-state index in [-0.39, 0.29) is 21.6 Å². The second kappa shape index (κ2) is 7.34. The number of hydrogen-bond acceptors (Lipinski definition) is 10. The lowest BCUT2D eigenvalue weighted by Crippen LogP contribution is -2.60. The summed E-state index contributed by atoms with van der Waals surface area (Å²) < 4.78 is 5.35. The van der Waals surface area contributed by atoms with Crippen LogP contribution >= 0.6 is 11.8 Å². The topological polar surface area (TPSA) is 181 Å². The number of thioether (sulfide) groups is 1. The second-order valence-corrected chi connectivity index (χ2v) is 6.54. The van der Waals surface area contributed by atoms with Crippen molar-refractivity contribution in [3.05, 3.63) is 26.8 Å². The first-order valence-electron chi connectivity index (χ1n) is 7.64. The van der Waals surface area contributed by atoms with Crippen molar-refractivity contribution < 1.29 is 25.2 Å². The Morgan fingerprint density at radius 2 is 1.88 bits per heavy atom. The molecule has 0 aliphatic carbocycles. The van der Waals surface area contributed by atoms with Crippen LogP contribution in [0.25, 0.3) is 10.8 Å². The van der Waals surface area contributed by atoms with Crippen LogP contribution in [0.1, 0.15) is 0 Å². The average Bonchev–Trinajstić information content (AvgIpc) is 2.64. The van der Waals surface area contributed by atoms with Crippen LogP contribution in [0.5, 0.6) is 0 Å². The Bertz CT molecular complexity index is 914. The fourth-order valence-corrected chi connectivity index (χ4v) is 3.35. The minimum atomic E-state index is -1.55. The molecule has 7 N–H and O–H groups in total. The first-order chi connectivity index (χ1) is 12.4. The van der Waals surface area contributed by atoms with E-state index < -0.39 is 48.4 Å². The lowest BCUT2D eigenvalue weighted by atomic mass is 9.98. The van der Waals surface area contributed by atoms with Crippen molar-refractivity contribution in [2.24, 2.45) is 0 Å². The smallest absolute Gasteiger partial charge is 0.273 e. The van der Waals surface area contributed by atoms with Gasteiger partial charge in [-0.25, -0.2) is 4.98 Å². The van der Waals surface area contributed by atoms with Gasteiger partial charge in [0, 0.05) is 0 Å². The molecule has 1 saturated heterocycles. The Labute approximate surface area is 150 Å². The molecule has 0 saturated carbocycles. The van der Waals surface area contributed by atoms with Crippen LogP contribution in [0, 0.1) is 0 Å². The number of rotatable bonds is 4. The molecule has 0 bridgehead atoms. The molecule has 26 heavy (non-hydrogen) atoms. The Kier molecular flexibility index (Phi) is 5.32. The third kappa shape index (κ3) is 3.22. The number of hydrogen-bond donors (Lipinski definition) is 7. The van der Waals surface area contributed by atoms with Crippen molar-refractivity contribution in [1.29, 1.82) is 0 Å². The molecule has 1 fully saturated rings. The highest BCUT2D eigenvalue weighted by Gasteiger charge is 2.43. The highest BCUT2D eigenvalue weighted by Crippen LogP contribution is 2.26. The van der Waals surface area contributed by atoms with E-state index in [0.29, 0.717) is 0 Å². The molecule has 2 aromatic heterocycles. The molecule has 1 aliphatic rings. The maximum Gasteiger partial charge on any atom is 0.273 e. The van der Waals surface area contributed by atoms with Gasteiger partial charge in [0.25, 0.3) is 11.1 Å². The number of H-pyrrole nitrogens is 2. The normalized spacial score (nSPS) is 29.0. The molecule has 11 nitrogen and oxygen atoms in total. The summed E-state index contributed by atoms with van der Waals surface area (Å²) in [4.78, 5) is 28.2. The minimum absolute atomic E-state index is 0.0835. The van der Waals surface area contributed by atoms with E-state index >= 15 is 0 Å². The fourth-order valence-electron chi connectivity index (χ4n) is 2.75. The lowest BCUT2D eigenvalue weighted by molar-refractivity contribution is -0.221. The summed E-state index contributed by atoms with van der Waals surface area (Å²) in [5, 5.41) is 46.6. The summed E-state index contributed by atoms with van der Waals surface area (Å²) in [6.07, 6.45) is -5.16. The Morgan fingerprint density at radius 3 is 2.54 bits per heavy atom. The molecule has 0 radical (unpaired) electrons. The standard InChI is InChI=1S/C14H18N4O7S/c1-26-14-7-4(11(23)17-18-12(7)24)2-6(16-14)15-13-10(22)9(21)8(20)5(3-19)25-13/h2,5,8-10,13,19-22H,3H2,1H3,(H,15,16)(H,17,23)(H,18,24)/t5-,8-,9+,10-,13-/m1/s1. The summed E-state index contributed by atoms with van der Waals surface area (Å²) in [5.41, 5.74) is -1.04. The van der Waals surface area contributed by atoms with Crippen molar-refractivity contribution in [2.45, 2.75) is 35.7 Å². The van der Waals surface area contributed by atoms with E-state index in [1.54, 1.807) is 6.26 Å². The van der Waals surface area contributed by atoms with Crippen LogP contribution in [0.15, 0.2) is 20.7 Å². The van der Waals surface area contributed by atoms with E-state index in [1.807, 2.05) is 0 Å². The van der Waals surface area contributed by atoms with Crippen molar-refractivity contribution in [3.63, 3.8) is 0 Å². The first kappa shape index (κ1) is 18.8. The SMILES string of the molecule is CSc1nc(N[C@@H]2O[C@H](CO)[C@@H](O)[C@H](O)[C@H]2O)cc2c(=O)[nH][nH]c(=O)c12. The number of ether oxygens (including phenoxy) is 1. The van der Waals surface area contributed by atoms with Crippen molar-refractivity contribution in [1.82, 2.24) is 15.2 Å². The van der Waals surface area contributed by atoms with Gasteiger partial charge in [0.15, 0.2) is 6.23 Å². The van der Waals surface area contributed by atoms with E-state index in [9.17, 15) is 30.0 Å². The van der Waals surface area contributed by atoms with E-state index in [0.717, 1.165) is 11.8 Å². The van der Waals surface area contributed by atoms with Crippen LogP contribution in [0.3, 0.4) is 0 Å². The van der Waals surface area contributed by atoms with Crippen LogP contribution in [0.4, 0.5) is 5.82 Å². The first-order valence-corrected chi connectivity index (χ1v) is 8.86. The second-order valence-electron chi connectivity index (χ2n) is 5.74. The number of aromatic amines is 2. The van der Waals surface area contributed by atoms with Crippen LogP contribution in [0.2, 0.25) is 0 Å². The van der Waals surface area contributed by atoms with Gasteiger partial charge in [0.1, 0.15) is 35.3 Å². The summed E-state index contributed by atoms with van der Waals surface area (Å²) in [6, 6.07) is 1.31. The van der Waals surface area contributed by atoms with Crippen LogP contribution in [-0.2, 0) is 4.74 Å². The number of aromatic nitrogens is 3. The summed E-state index contributed by atoms with van der Waals surface area (Å²) >= 11 is 1.15. The molecular weight excluding hydrogens is 368 g/mol. The number of pyridine rings is 1. The maximum atomic E-state index is 12.0. The third-order valence-electron chi connectivity index (χ3n) is 4.12. The third-order valence-corrected chi connectivity index (χ3v) is 4.81. The van der Waals surface area contributed by atoms with Gasteiger partial charge >= 0.3 is 0 Å². The zero-order valence-electron chi connectivity index (χ0n) is 13.5. The zero-order chi connectivity index (χ0) is 19.0. The van der Waals surface area contributed by atoms with E-state index in [2.05, 4.69) is 20.5 Å². The van der Waals surface area contributed by atoms with Gasteiger partial charge in [0.05, 0.1) is 17.4 Å². The Hall–Kier alpha value is -1.96. The Balaban J connectivity index is 2.00. The van der Waals surface area contributed by atoms with E-state index in [1.165, 1.54) is 6.07 Å². The molecule has 5 atom stereocenters. The molecule has 0 unspecified atom stereocenters. The van der Waals surface area contributed by atoms with Crippen molar-refractivity contribution >= 4 is 28.4 Å². The molecule has 3 rings (SSSR count). The Morgan fingerprint density at radius 1 is 1.19 bits per heavy atom. The molecule has 0 aromatic carbocycles. The average molecular weight is 386 g/mol. The van der Waals surface area contributed by atoms with E-state index in [4.69, 9.17) is 4.74 Å². The van der Waals surface area contributed by atoms with Gasteiger partial charge < -0.3 is 30.5 Å². The molecular formula is C14H18N4O7S. The number of nitrogens with one attached hydrogen (secondary N) is 3. The monoisotopic (exact) mass is 386 g/mol. The molecule has 0 spiro atoms. The van der Waals surface area contributed by atoms with Gasteiger partial charge in [0.2, 0.25) is 0 Å². The van der Waals surface area contributed by atoms with Crippen molar-refractivity contribution in [3.8, 4) is 0 Å². The van der Waals surface area contributed by atoms with Gasteiger partial charge in [-0.15, -0.1) is 11.8 Å². The fraction of sp³-hybridized carbons (Fsp3) is 0.500. The molecule has 0 amide bonds. The largest absolute Gasteiger partial charge is 0.394 e.